The third-order valence-corrected chi connectivity index (χ3v) is 4.65. The molecule has 1 N–H and O–H groups in total. The van der Waals surface area contributed by atoms with Crippen LogP contribution in [0.15, 0.2) is 29.3 Å². The van der Waals surface area contributed by atoms with Crippen molar-refractivity contribution in [3.05, 3.63) is 35.6 Å². The molecule has 0 aliphatic carbocycles. The van der Waals surface area contributed by atoms with Crippen molar-refractivity contribution in [1.82, 2.24) is 10.2 Å². The summed E-state index contributed by atoms with van der Waals surface area (Å²) in [5, 5.41) is 3.39. The normalized spacial score (nSPS) is 26.2. The number of nitrogens with zero attached hydrogens (tertiary/aromatic N) is 2. The molecule has 0 aromatic heterocycles. The van der Waals surface area contributed by atoms with Crippen LogP contribution in [0.1, 0.15) is 32.4 Å². The first kappa shape index (κ1) is 18.1. The zero-order chi connectivity index (χ0) is 17.9. The second-order valence-electron chi connectivity index (χ2n) is 7.37. The van der Waals surface area contributed by atoms with Crippen molar-refractivity contribution in [2.45, 2.75) is 33.0 Å². The Hall–Kier alpha value is -1.66. The Bertz CT molecular complexity index is 601. The van der Waals surface area contributed by atoms with Crippen molar-refractivity contribution in [2.75, 3.05) is 39.4 Å². The van der Waals surface area contributed by atoms with E-state index in [9.17, 15) is 4.39 Å². The third kappa shape index (κ3) is 4.50. The standard InChI is InChI=1S/C19H28FN3O2/c1-4-21-18(22-11-19(3)12-24-13-19)23-9-14(2)25-17(10-23)15-5-7-16(20)8-6-15/h5-8,14,17H,4,9-13H2,1-3H3,(H,21,22). The maximum atomic E-state index is 13.2. The molecule has 2 aliphatic heterocycles. The molecule has 2 atom stereocenters. The van der Waals surface area contributed by atoms with Crippen LogP contribution in [-0.4, -0.2) is 56.4 Å². The first-order chi connectivity index (χ1) is 12.0. The van der Waals surface area contributed by atoms with Gasteiger partial charge in [0.15, 0.2) is 5.96 Å². The molecule has 2 saturated heterocycles. The molecule has 1 aromatic carbocycles. The zero-order valence-electron chi connectivity index (χ0n) is 15.3. The van der Waals surface area contributed by atoms with Crippen LogP contribution in [0.4, 0.5) is 4.39 Å². The molecule has 5 nitrogen and oxygen atoms in total. The van der Waals surface area contributed by atoms with E-state index in [4.69, 9.17) is 14.5 Å². The molecule has 0 saturated carbocycles. The summed E-state index contributed by atoms with van der Waals surface area (Å²) < 4.78 is 24.6. The maximum Gasteiger partial charge on any atom is 0.194 e. The highest BCUT2D eigenvalue weighted by Gasteiger charge is 2.34. The summed E-state index contributed by atoms with van der Waals surface area (Å²) in [6, 6.07) is 6.57. The average Bonchev–Trinajstić information content (AvgIpc) is 2.57. The Morgan fingerprint density at radius 1 is 1.32 bits per heavy atom. The van der Waals surface area contributed by atoms with Gasteiger partial charge in [-0.25, -0.2) is 4.39 Å². The van der Waals surface area contributed by atoms with Crippen LogP contribution in [-0.2, 0) is 9.47 Å². The fourth-order valence-electron chi connectivity index (χ4n) is 3.22. The number of aliphatic imine (C=N–C) groups is 1. The maximum absolute atomic E-state index is 13.2. The molecular weight excluding hydrogens is 321 g/mol. The van der Waals surface area contributed by atoms with Crippen molar-refractivity contribution < 1.29 is 13.9 Å². The van der Waals surface area contributed by atoms with Gasteiger partial charge in [0.05, 0.1) is 32.4 Å². The van der Waals surface area contributed by atoms with Crippen LogP contribution in [0.5, 0.6) is 0 Å². The average molecular weight is 349 g/mol. The molecule has 6 heteroatoms. The van der Waals surface area contributed by atoms with Crippen molar-refractivity contribution >= 4 is 5.96 Å². The minimum absolute atomic E-state index is 0.0790. The highest BCUT2D eigenvalue weighted by atomic mass is 19.1. The summed E-state index contributed by atoms with van der Waals surface area (Å²) in [6.45, 7) is 10.9. The van der Waals surface area contributed by atoms with Gasteiger partial charge in [-0.15, -0.1) is 0 Å². The summed E-state index contributed by atoms with van der Waals surface area (Å²) in [5.74, 6) is 0.688. The van der Waals surface area contributed by atoms with E-state index in [-0.39, 0.29) is 23.4 Å². The first-order valence-corrected chi connectivity index (χ1v) is 9.01. The van der Waals surface area contributed by atoms with E-state index in [0.29, 0.717) is 6.54 Å². The van der Waals surface area contributed by atoms with E-state index in [2.05, 4.69) is 31.0 Å². The Labute approximate surface area is 149 Å². The lowest BCUT2D eigenvalue weighted by Crippen LogP contribution is -2.51. The van der Waals surface area contributed by atoms with Crippen molar-refractivity contribution in [2.24, 2.45) is 10.4 Å². The second-order valence-corrected chi connectivity index (χ2v) is 7.37. The lowest BCUT2D eigenvalue weighted by atomic mass is 9.89. The van der Waals surface area contributed by atoms with Crippen LogP contribution in [0.2, 0.25) is 0 Å². The number of morpholine rings is 1. The van der Waals surface area contributed by atoms with E-state index in [1.807, 2.05) is 0 Å². The van der Waals surface area contributed by atoms with E-state index in [1.165, 1.54) is 12.1 Å². The minimum atomic E-state index is -0.227. The van der Waals surface area contributed by atoms with Gasteiger partial charge >= 0.3 is 0 Å². The molecule has 25 heavy (non-hydrogen) atoms. The zero-order valence-corrected chi connectivity index (χ0v) is 15.3. The molecule has 0 radical (unpaired) electrons. The molecule has 1 aromatic rings. The Kier molecular flexibility index (Phi) is 5.59. The van der Waals surface area contributed by atoms with Crippen molar-refractivity contribution in [1.29, 1.82) is 0 Å². The molecule has 0 amide bonds. The summed E-state index contributed by atoms with van der Waals surface area (Å²) in [5.41, 5.74) is 1.14. The number of guanidine groups is 1. The smallest absolute Gasteiger partial charge is 0.194 e. The van der Waals surface area contributed by atoms with Gasteiger partial charge in [0.1, 0.15) is 11.9 Å². The molecule has 2 heterocycles. The highest BCUT2D eigenvalue weighted by Crippen LogP contribution is 2.28. The number of benzene rings is 1. The van der Waals surface area contributed by atoms with Gasteiger partial charge < -0.3 is 19.7 Å². The Balaban J connectivity index is 1.73. The molecule has 0 spiro atoms. The highest BCUT2D eigenvalue weighted by molar-refractivity contribution is 5.80. The van der Waals surface area contributed by atoms with Gasteiger partial charge in [0.25, 0.3) is 0 Å². The van der Waals surface area contributed by atoms with Gasteiger partial charge in [-0.2, -0.15) is 0 Å². The summed E-state index contributed by atoms with van der Waals surface area (Å²) in [4.78, 5) is 7.09. The molecule has 2 aliphatic rings. The number of nitrogens with one attached hydrogen (secondary N) is 1. The second kappa shape index (κ2) is 7.70. The van der Waals surface area contributed by atoms with Crippen LogP contribution in [0.3, 0.4) is 0 Å². The van der Waals surface area contributed by atoms with Gasteiger partial charge in [-0.3, -0.25) is 4.99 Å². The van der Waals surface area contributed by atoms with E-state index in [0.717, 1.165) is 44.4 Å². The molecule has 138 valence electrons. The van der Waals surface area contributed by atoms with Crippen molar-refractivity contribution in [3.63, 3.8) is 0 Å². The van der Waals surface area contributed by atoms with Crippen LogP contribution in [0, 0.1) is 11.2 Å². The molecular formula is C19H28FN3O2. The predicted octanol–water partition coefficient (Wildman–Crippen LogP) is 2.59. The minimum Gasteiger partial charge on any atom is -0.380 e. The van der Waals surface area contributed by atoms with Gasteiger partial charge in [-0.1, -0.05) is 19.1 Å². The first-order valence-electron chi connectivity index (χ1n) is 9.01. The monoisotopic (exact) mass is 349 g/mol. The van der Waals surface area contributed by atoms with Crippen LogP contribution in [0.25, 0.3) is 0 Å². The molecule has 3 rings (SSSR count). The molecule has 2 unspecified atom stereocenters. The van der Waals surface area contributed by atoms with E-state index >= 15 is 0 Å². The predicted molar refractivity (Wildman–Crippen MR) is 96.2 cm³/mol. The number of hydrogen-bond acceptors (Lipinski definition) is 3. The lowest BCUT2D eigenvalue weighted by Gasteiger charge is -2.40. The van der Waals surface area contributed by atoms with Gasteiger partial charge in [0, 0.05) is 18.5 Å². The topological polar surface area (TPSA) is 46.1 Å². The fraction of sp³-hybridized carbons (Fsp3) is 0.632. The van der Waals surface area contributed by atoms with Gasteiger partial charge in [0.2, 0.25) is 0 Å². The van der Waals surface area contributed by atoms with Crippen LogP contribution >= 0.6 is 0 Å². The number of hydrogen-bond donors (Lipinski definition) is 1. The number of rotatable bonds is 4. The summed E-state index contributed by atoms with van der Waals surface area (Å²) in [7, 11) is 0. The lowest BCUT2D eigenvalue weighted by molar-refractivity contribution is -0.0948. The van der Waals surface area contributed by atoms with Gasteiger partial charge in [-0.05, 0) is 31.5 Å². The largest absolute Gasteiger partial charge is 0.380 e. The van der Waals surface area contributed by atoms with Crippen molar-refractivity contribution in [3.8, 4) is 0 Å². The Morgan fingerprint density at radius 3 is 2.64 bits per heavy atom. The Morgan fingerprint density at radius 2 is 2.04 bits per heavy atom. The third-order valence-electron chi connectivity index (χ3n) is 4.65. The molecule has 0 bridgehead atoms. The number of halogens is 1. The summed E-state index contributed by atoms with van der Waals surface area (Å²) in [6.07, 6.45) is -0.00823. The van der Waals surface area contributed by atoms with E-state index < -0.39 is 0 Å². The van der Waals surface area contributed by atoms with Crippen LogP contribution < -0.4 is 5.32 Å². The SMILES string of the molecule is CCNC(=NCC1(C)COC1)N1CC(C)OC(c2ccc(F)cc2)C1. The number of ether oxygens (including phenoxy) is 2. The summed E-state index contributed by atoms with van der Waals surface area (Å²) >= 11 is 0. The fourth-order valence-corrected chi connectivity index (χ4v) is 3.22. The quantitative estimate of drug-likeness (QED) is 0.670. The molecule has 2 fully saturated rings. The van der Waals surface area contributed by atoms with E-state index in [1.54, 1.807) is 12.1 Å².